The fraction of sp³-hybridized carbons (Fsp3) is 0.267. The number of aromatic nitrogens is 1. The number of H-pyrrole nitrogens is 1. The maximum Gasteiger partial charge on any atom is 0.293 e. The zero-order chi connectivity index (χ0) is 43.4. The fourth-order valence-corrected chi connectivity index (χ4v) is 8.91. The van der Waals surface area contributed by atoms with Crippen LogP contribution in [0, 0.1) is 27.7 Å². The standard InChI is InChI=1S/C45H44F2N6O8S/c46-38-11-6-33(25-39(38)47)45(55,32-4-2-1-3-5-32)29-51-18-20-52(21-19-51)34-7-10-37(43(26-34)61-35-8-12-40-31(24-35)14-17-48-40)44(54)50-62(58,59)36-9-13-41(42(27-36)53(56)57)49-28-30-15-22-60-23-16-30/h1-14,17,24-27,30,48-49,55H,15-16,18-23,28-29H2,(H,50,54). The van der Waals surface area contributed by atoms with Crippen LogP contribution in [0.25, 0.3) is 10.9 Å². The van der Waals surface area contributed by atoms with Gasteiger partial charge in [0.15, 0.2) is 11.6 Å². The first-order valence-corrected chi connectivity index (χ1v) is 21.6. The summed E-state index contributed by atoms with van der Waals surface area (Å²) in [6.07, 6.45) is 3.37. The van der Waals surface area contributed by atoms with Crippen molar-refractivity contribution >= 4 is 43.9 Å². The molecular weight excluding hydrogens is 823 g/mol. The van der Waals surface area contributed by atoms with Crippen LogP contribution in [-0.2, 0) is 20.4 Å². The van der Waals surface area contributed by atoms with Crippen LogP contribution >= 0.6 is 0 Å². The Morgan fingerprint density at radius 2 is 1.68 bits per heavy atom. The van der Waals surface area contributed by atoms with Gasteiger partial charge in [-0.15, -0.1) is 0 Å². The molecule has 0 spiro atoms. The molecule has 14 nitrogen and oxygen atoms in total. The van der Waals surface area contributed by atoms with Gasteiger partial charge < -0.3 is 29.8 Å². The number of halogens is 2. The van der Waals surface area contributed by atoms with Gasteiger partial charge in [0, 0.05) is 87.4 Å². The van der Waals surface area contributed by atoms with E-state index in [1.54, 1.807) is 60.8 Å². The van der Waals surface area contributed by atoms with Crippen LogP contribution in [0.2, 0.25) is 0 Å². The number of sulfonamides is 1. The van der Waals surface area contributed by atoms with Crippen LogP contribution in [0.3, 0.4) is 0 Å². The van der Waals surface area contributed by atoms with Crippen molar-refractivity contribution in [3.8, 4) is 11.5 Å². The first-order valence-electron chi connectivity index (χ1n) is 20.1. The minimum Gasteiger partial charge on any atom is -0.456 e. The molecule has 6 aromatic rings. The number of amides is 1. The van der Waals surface area contributed by atoms with Gasteiger partial charge in [0.25, 0.3) is 21.6 Å². The number of piperazine rings is 1. The molecule has 2 aliphatic heterocycles. The number of nitro groups is 1. The maximum absolute atomic E-state index is 14.4. The summed E-state index contributed by atoms with van der Waals surface area (Å²) >= 11 is 0. The van der Waals surface area contributed by atoms with E-state index in [0.29, 0.717) is 62.9 Å². The minimum atomic E-state index is -4.61. The number of hydrogen-bond donors (Lipinski definition) is 4. The Morgan fingerprint density at radius 1 is 0.903 bits per heavy atom. The highest BCUT2D eigenvalue weighted by Gasteiger charge is 2.36. The van der Waals surface area contributed by atoms with Gasteiger partial charge in [-0.2, -0.15) is 0 Å². The van der Waals surface area contributed by atoms with Crippen LogP contribution in [0.15, 0.2) is 120 Å². The van der Waals surface area contributed by atoms with Crippen molar-refractivity contribution in [1.29, 1.82) is 0 Å². The molecule has 3 heterocycles. The van der Waals surface area contributed by atoms with Crippen LogP contribution in [-0.4, -0.2) is 86.7 Å². The second-order valence-electron chi connectivity index (χ2n) is 15.4. The second-order valence-corrected chi connectivity index (χ2v) is 17.1. The number of aromatic amines is 1. The number of nitrogens with zero attached hydrogens (tertiary/aromatic N) is 3. The highest BCUT2D eigenvalue weighted by molar-refractivity contribution is 7.90. The molecular formula is C45H44F2N6O8S. The molecule has 0 aliphatic carbocycles. The molecule has 62 heavy (non-hydrogen) atoms. The number of benzene rings is 5. The molecule has 1 atom stereocenters. The van der Waals surface area contributed by atoms with Crippen LogP contribution < -0.4 is 19.7 Å². The van der Waals surface area contributed by atoms with E-state index in [1.165, 1.54) is 24.3 Å². The molecule has 17 heteroatoms. The van der Waals surface area contributed by atoms with Crippen molar-refractivity contribution in [2.75, 3.05) is 62.7 Å². The van der Waals surface area contributed by atoms with Crippen LogP contribution in [0.1, 0.15) is 34.3 Å². The molecule has 2 saturated heterocycles. The number of carbonyl (C=O) groups excluding carboxylic acids is 1. The van der Waals surface area contributed by atoms with Crippen molar-refractivity contribution < 1.29 is 41.5 Å². The summed E-state index contributed by atoms with van der Waals surface area (Å²) in [6.45, 7) is 3.63. The number of hydrogen-bond acceptors (Lipinski definition) is 11. The van der Waals surface area contributed by atoms with E-state index in [9.17, 15) is 37.2 Å². The summed E-state index contributed by atoms with van der Waals surface area (Å²) in [5.74, 6) is -2.40. The molecule has 1 amide bonds. The number of nitro benzene ring substituents is 1. The van der Waals surface area contributed by atoms with E-state index >= 15 is 0 Å². The normalized spacial score (nSPS) is 16.1. The number of ether oxygens (including phenoxy) is 2. The predicted octanol–water partition coefficient (Wildman–Crippen LogP) is 7.16. The average Bonchev–Trinajstić information content (AvgIpc) is 3.75. The lowest BCUT2D eigenvalue weighted by molar-refractivity contribution is -0.384. The third-order valence-electron chi connectivity index (χ3n) is 11.4. The average molecular weight is 867 g/mol. The molecule has 0 radical (unpaired) electrons. The van der Waals surface area contributed by atoms with E-state index < -0.39 is 48.7 Å². The Balaban J connectivity index is 1.02. The molecule has 0 saturated carbocycles. The Morgan fingerprint density at radius 3 is 2.42 bits per heavy atom. The van der Waals surface area contributed by atoms with Gasteiger partial charge in [0.1, 0.15) is 22.8 Å². The Bertz CT molecular complexity index is 2710. The number of β-amino-alcohol motifs (C(OH)–C–C–N with tert-alkyl or cyclic N) is 1. The number of carbonyl (C=O) groups is 1. The molecule has 1 aromatic heterocycles. The summed E-state index contributed by atoms with van der Waals surface area (Å²) in [5, 5.41) is 28.1. The number of anilines is 2. The molecule has 8 rings (SSSR count). The Labute approximate surface area is 356 Å². The van der Waals surface area contributed by atoms with Gasteiger partial charge in [0.2, 0.25) is 0 Å². The van der Waals surface area contributed by atoms with E-state index in [4.69, 9.17) is 9.47 Å². The highest BCUT2D eigenvalue weighted by Crippen LogP contribution is 2.35. The number of rotatable bonds is 14. The molecule has 2 aliphatic rings. The number of fused-ring (bicyclic) bond motifs is 1. The summed E-state index contributed by atoms with van der Waals surface area (Å²) in [5.41, 5.74) is 0.225. The zero-order valence-electron chi connectivity index (χ0n) is 33.4. The lowest BCUT2D eigenvalue weighted by Gasteiger charge is -2.41. The van der Waals surface area contributed by atoms with E-state index in [0.717, 1.165) is 41.9 Å². The fourth-order valence-electron chi connectivity index (χ4n) is 7.93. The molecule has 0 bridgehead atoms. The van der Waals surface area contributed by atoms with Crippen molar-refractivity contribution in [3.05, 3.63) is 154 Å². The quantitative estimate of drug-likeness (QED) is 0.0645. The molecule has 1 unspecified atom stereocenters. The number of aliphatic hydroxyl groups is 1. The van der Waals surface area contributed by atoms with Gasteiger partial charge in [-0.25, -0.2) is 21.9 Å². The van der Waals surface area contributed by atoms with Crippen LogP contribution in [0.5, 0.6) is 11.5 Å². The predicted molar refractivity (Wildman–Crippen MR) is 229 cm³/mol. The SMILES string of the molecule is O=C(NS(=O)(=O)c1ccc(NCC2CCOCC2)c([N+](=O)[O-])c1)c1ccc(N2CCN(CC(O)(c3ccccc3)c3ccc(F)c(F)c3)CC2)cc1Oc1ccc2[nH]ccc2c1. The van der Waals surface area contributed by atoms with Crippen molar-refractivity contribution in [1.82, 2.24) is 14.6 Å². The maximum atomic E-state index is 14.4. The third kappa shape index (κ3) is 9.25. The molecule has 322 valence electrons. The van der Waals surface area contributed by atoms with Gasteiger partial charge in [-0.05, 0) is 90.6 Å². The van der Waals surface area contributed by atoms with Crippen molar-refractivity contribution in [3.63, 3.8) is 0 Å². The monoisotopic (exact) mass is 866 g/mol. The van der Waals surface area contributed by atoms with Crippen molar-refractivity contribution in [2.24, 2.45) is 5.92 Å². The molecule has 2 fully saturated rings. The van der Waals surface area contributed by atoms with Crippen molar-refractivity contribution in [2.45, 2.75) is 23.3 Å². The Kier molecular flexibility index (Phi) is 12.2. The van der Waals surface area contributed by atoms with Gasteiger partial charge >= 0.3 is 0 Å². The summed E-state index contributed by atoms with van der Waals surface area (Å²) in [6, 6.07) is 27.6. The van der Waals surface area contributed by atoms with Crippen LogP contribution in [0.4, 0.5) is 25.8 Å². The van der Waals surface area contributed by atoms with E-state index in [1.807, 2.05) is 21.9 Å². The lowest BCUT2D eigenvalue weighted by Crippen LogP contribution is -2.51. The first-order chi connectivity index (χ1) is 29.9. The second kappa shape index (κ2) is 17.9. The highest BCUT2D eigenvalue weighted by atomic mass is 32.2. The topological polar surface area (TPSA) is 179 Å². The van der Waals surface area contributed by atoms with Gasteiger partial charge in [-0.1, -0.05) is 36.4 Å². The van der Waals surface area contributed by atoms with Gasteiger partial charge in [-0.3, -0.25) is 19.8 Å². The Hall–Kier alpha value is -6.40. The summed E-state index contributed by atoms with van der Waals surface area (Å²) in [7, 11) is -4.61. The number of nitrogens with one attached hydrogen (secondary N) is 3. The minimum absolute atomic E-state index is 0.0583. The molecule has 5 aromatic carbocycles. The van der Waals surface area contributed by atoms with Gasteiger partial charge in [0.05, 0.1) is 15.4 Å². The molecule has 4 N–H and O–H groups in total. The summed E-state index contributed by atoms with van der Waals surface area (Å²) in [4.78, 5) is 32.0. The van der Waals surface area contributed by atoms with E-state index in [-0.39, 0.29) is 35.0 Å². The first kappa shape index (κ1) is 42.3. The third-order valence-corrected chi connectivity index (χ3v) is 12.8. The largest absolute Gasteiger partial charge is 0.456 e. The lowest BCUT2D eigenvalue weighted by atomic mass is 9.85. The smallest absolute Gasteiger partial charge is 0.293 e. The summed E-state index contributed by atoms with van der Waals surface area (Å²) < 4.78 is 69.4. The van der Waals surface area contributed by atoms with E-state index in [2.05, 4.69) is 15.0 Å². The zero-order valence-corrected chi connectivity index (χ0v) is 34.2.